The number of nitrogens with one attached hydrogen (secondary N) is 2. The van der Waals surface area contributed by atoms with E-state index in [1.165, 1.54) is 19.3 Å². The first kappa shape index (κ1) is 17.0. The predicted molar refractivity (Wildman–Crippen MR) is 91.7 cm³/mol. The molecule has 1 aliphatic carbocycles. The molecule has 0 radical (unpaired) electrons. The maximum atomic E-state index is 4.74. The summed E-state index contributed by atoms with van der Waals surface area (Å²) >= 11 is 3.86. The molecular formula is C14H29N3S2. The lowest BCUT2D eigenvalue weighted by Gasteiger charge is -2.22. The minimum atomic E-state index is 0.208. The second-order valence-corrected chi connectivity index (χ2v) is 8.32. The first-order valence-electron chi connectivity index (χ1n) is 7.13. The molecule has 1 saturated carbocycles. The first-order valence-corrected chi connectivity index (χ1v) is 9.64. The molecule has 1 aliphatic rings. The highest BCUT2D eigenvalue weighted by molar-refractivity contribution is 8.00. The van der Waals surface area contributed by atoms with Gasteiger partial charge in [-0.2, -0.15) is 23.5 Å². The maximum Gasteiger partial charge on any atom is 0.191 e. The second-order valence-electron chi connectivity index (χ2n) is 5.67. The van der Waals surface area contributed by atoms with Crippen LogP contribution in [0.4, 0.5) is 0 Å². The number of guanidine groups is 1. The molecule has 0 aromatic carbocycles. The lowest BCUT2D eigenvalue weighted by atomic mass is 10.2. The van der Waals surface area contributed by atoms with Crippen molar-refractivity contribution in [1.82, 2.24) is 10.6 Å². The van der Waals surface area contributed by atoms with Gasteiger partial charge in [0, 0.05) is 22.6 Å². The van der Waals surface area contributed by atoms with E-state index in [0.29, 0.717) is 6.04 Å². The van der Waals surface area contributed by atoms with E-state index in [1.807, 2.05) is 23.5 Å². The molecule has 1 rings (SSSR count). The molecule has 1 fully saturated rings. The summed E-state index contributed by atoms with van der Waals surface area (Å²) in [5.74, 6) is 0.983. The number of hydrogen-bond donors (Lipinski definition) is 2. The van der Waals surface area contributed by atoms with Crippen molar-refractivity contribution in [3.63, 3.8) is 0 Å². The van der Waals surface area contributed by atoms with E-state index >= 15 is 0 Å². The maximum absolute atomic E-state index is 4.74. The zero-order chi connectivity index (χ0) is 14.3. The average Bonchev–Trinajstić information content (AvgIpc) is 2.84. The minimum Gasteiger partial charge on any atom is -0.357 e. The summed E-state index contributed by atoms with van der Waals surface area (Å²) in [7, 11) is 0. The van der Waals surface area contributed by atoms with Crippen molar-refractivity contribution < 1.29 is 0 Å². The molecule has 0 aliphatic heterocycles. The Labute approximate surface area is 127 Å². The highest BCUT2D eigenvalue weighted by Crippen LogP contribution is 2.28. The Morgan fingerprint density at radius 3 is 2.58 bits per heavy atom. The van der Waals surface area contributed by atoms with Crippen LogP contribution in [0.1, 0.15) is 40.0 Å². The summed E-state index contributed by atoms with van der Waals surface area (Å²) in [5, 5.41) is 7.78. The normalized spacial score (nSPS) is 24.6. The molecule has 2 unspecified atom stereocenters. The van der Waals surface area contributed by atoms with Gasteiger partial charge in [-0.15, -0.1) is 0 Å². The summed E-state index contributed by atoms with van der Waals surface area (Å²) in [6.45, 7) is 8.37. The van der Waals surface area contributed by atoms with Crippen LogP contribution < -0.4 is 10.6 Å². The Balaban J connectivity index is 2.50. The van der Waals surface area contributed by atoms with E-state index < -0.39 is 0 Å². The van der Waals surface area contributed by atoms with Gasteiger partial charge in [0.15, 0.2) is 5.96 Å². The van der Waals surface area contributed by atoms with Gasteiger partial charge < -0.3 is 10.6 Å². The molecule has 2 N–H and O–H groups in total. The van der Waals surface area contributed by atoms with Crippen LogP contribution in [0.15, 0.2) is 4.99 Å². The van der Waals surface area contributed by atoms with E-state index in [9.17, 15) is 0 Å². The topological polar surface area (TPSA) is 36.4 Å². The van der Waals surface area contributed by atoms with Crippen LogP contribution in [0, 0.1) is 0 Å². The van der Waals surface area contributed by atoms with Crippen molar-refractivity contribution in [1.29, 1.82) is 0 Å². The summed E-state index contributed by atoms with van der Waals surface area (Å²) < 4.78 is 0.208. The SMILES string of the molecule is CCNC(=NCC(C)(C)SC)NC1CCC(SC)C1. The van der Waals surface area contributed by atoms with Gasteiger partial charge in [0.05, 0.1) is 6.54 Å². The van der Waals surface area contributed by atoms with Crippen molar-refractivity contribution in [3.05, 3.63) is 0 Å². The van der Waals surface area contributed by atoms with Crippen LogP contribution in [-0.4, -0.2) is 47.6 Å². The fraction of sp³-hybridized carbons (Fsp3) is 0.929. The van der Waals surface area contributed by atoms with Crippen LogP contribution >= 0.6 is 23.5 Å². The van der Waals surface area contributed by atoms with Crippen molar-refractivity contribution in [2.75, 3.05) is 25.6 Å². The highest BCUT2D eigenvalue weighted by Gasteiger charge is 2.24. The van der Waals surface area contributed by atoms with Crippen LogP contribution in [0.25, 0.3) is 0 Å². The van der Waals surface area contributed by atoms with E-state index in [-0.39, 0.29) is 4.75 Å². The van der Waals surface area contributed by atoms with Crippen LogP contribution in [0.3, 0.4) is 0 Å². The van der Waals surface area contributed by atoms with Crippen LogP contribution in [0.5, 0.6) is 0 Å². The largest absolute Gasteiger partial charge is 0.357 e. The molecule has 0 heterocycles. The molecule has 0 bridgehead atoms. The predicted octanol–water partition coefficient (Wildman–Crippen LogP) is 2.97. The molecular weight excluding hydrogens is 274 g/mol. The van der Waals surface area contributed by atoms with E-state index in [1.54, 1.807) is 0 Å². The van der Waals surface area contributed by atoms with Crippen molar-refractivity contribution in [2.45, 2.75) is 56.1 Å². The number of aliphatic imine (C=N–C) groups is 1. The lowest BCUT2D eigenvalue weighted by molar-refractivity contribution is 0.611. The highest BCUT2D eigenvalue weighted by atomic mass is 32.2. The van der Waals surface area contributed by atoms with E-state index in [2.05, 4.69) is 43.9 Å². The molecule has 0 aromatic heterocycles. The Bertz CT molecular complexity index is 292. The monoisotopic (exact) mass is 303 g/mol. The molecule has 0 amide bonds. The van der Waals surface area contributed by atoms with Gasteiger partial charge in [-0.1, -0.05) is 0 Å². The Kier molecular flexibility index (Phi) is 7.44. The molecule has 0 spiro atoms. The van der Waals surface area contributed by atoms with Crippen molar-refractivity contribution in [2.24, 2.45) is 4.99 Å². The van der Waals surface area contributed by atoms with Gasteiger partial charge in [-0.3, -0.25) is 4.99 Å². The van der Waals surface area contributed by atoms with Gasteiger partial charge in [0.1, 0.15) is 0 Å². The Hall–Kier alpha value is -0.0300. The smallest absolute Gasteiger partial charge is 0.191 e. The standard InChI is InChI=1S/C14H29N3S2/c1-6-15-13(16-10-14(2,3)19-5)17-11-7-8-12(9-11)18-4/h11-12H,6-10H2,1-5H3,(H2,15,16,17). The molecule has 19 heavy (non-hydrogen) atoms. The van der Waals surface area contributed by atoms with E-state index in [4.69, 9.17) is 4.99 Å². The Morgan fingerprint density at radius 1 is 1.32 bits per heavy atom. The summed E-state index contributed by atoms with van der Waals surface area (Å²) in [4.78, 5) is 4.74. The fourth-order valence-electron chi connectivity index (χ4n) is 2.13. The van der Waals surface area contributed by atoms with Crippen LogP contribution in [0.2, 0.25) is 0 Å². The lowest BCUT2D eigenvalue weighted by Crippen LogP contribution is -2.43. The summed E-state index contributed by atoms with van der Waals surface area (Å²) in [5.41, 5.74) is 0. The number of nitrogens with zero attached hydrogens (tertiary/aromatic N) is 1. The third kappa shape index (κ3) is 6.30. The van der Waals surface area contributed by atoms with Gasteiger partial charge >= 0.3 is 0 Å². The average molecular weight is 304 g/mol. The third-order valence-electron chi connectivity index (χ3n) is 3.57. The van der Waals surface area contributed by atoms with Crippen molar-refractivity contribution in [3.8, 4) is 0 Å². The summed E-state index contributed by atoms with van der Waals surface area (Å²) in [6.07, 6.45) is 8.22. The quantitative estimate of drug-likeness (QED) is 0.584. The number of thioether (sulfide) groups is 2. The van der Waals surface area contributed by atoms with Gasteiger partial charge in [-0.25, -0.2) is 0 Å². The fourth-order valence-corrected chi connectivity index (χ4v) is 3.12. The molecule has 3 nitrogen and oxygen atoms in total. The molecule has 5 heteroatoms. The van der Waals surface area contributed by atoms with Crippen molar-refractivity contribution >= 4 is 29.5 Å². The first-order chi connectivity index (χ1) is 9.00. The van der Waals surface area contributed by atoms with Gasteiger partial charge in [0.2, 0.25) is 0 Å². The molecule has 2 atom stereocenters. The molecule has 0 saturated heterocycles. The Morgan fingerprint density at radius 2 is 2.05 bits per heavy atom. The van der Waals surface area contributed by atoms with Gasteiger partial charge in [0.25, 0.3) is 0 Å². The number of rotatable bonds is 6. The van der Waals surface area contributed by atoms with Gasteiger partial charge in [-0.05, 0) is 52.5 Å². The number of hydrogen-bond acceptors (Lipinski definition) is 3. The van der Waals surface area contributed by atoms with E-state index in [0.717, 1.165) is 24.3 Å². The zero-order valence-corrected chi connectivity index (χ0v) is 14.6. The second kappa shape index (κ2) is 8.30. The minimum absolute atomic E-state index is 0.208. The molecule has 0 aromatic rings. The summed E-state index contributed by atoms with van der Waals surface area (Å²) in [6, 6.07) is 0.590. The van der Waals surface area contributed by atoms with Crippen LogP contribution in [-0.2, 0) is 0 Å². The molecule has 112 valence electrons. The zero-order valence-electron chi connectivity index (χ0n) is 13.0. The third-order valence-corrected chi connectivity index (χ3v) is 5.90.